The minimum atomic E-state index is -2.20. The molecule has 0 aromatic heterocycles. The zero-order valence-electron chi connectivity index (χ0n) is 15.7. The molecule has 2 aromatic carbocycles. The Kier molecular flexibility index (Phi) is 8.95. The van der Waals surface area contributed by atoms with Crippen LogP contribution in [0.25, 0.3) is 0 Å². The van der Waals surface area contributed by atoms with Crippen molar-refractivity contribution in [1.82, 2.24) is 0 Å². The van der Waals surface area contributed by atoms with Gasteiger partial charge in [0.2, 0.25) is 0 Å². The molecule has 0 fully saturated rings. The lowest BCUT2D eigenvalue weighted by atomic mass is 10.2. The van der Waals surface area contributed by atoms with Crippen molar-refractivity contribution in [3.63, 3.8) is 0 Å². The van der Waals surface area contributed by atoms with Crippen molar-refractivity contribution >= 4 is 8.56 Å². The summed E-state index contributed by atoms with van der Waals surface area (Å²) in [5.74, 6) is 0. The van der Waals surface area contributed by atoms with Crippen LogP contribution in [-0.2, 0) is 21.7 Å². The second kappa shape index (κ2) is 11.2. The minimum Gasteiger partial charge on any atom is -0.394 e. The highest BCUT2D eigenvalue weighted by Gasteiger charge is 2.36. The molecule has 0 heterocycles. The Hall–Kier alpha value is -1.42. The Bertz CT molecular complexity index is 518. The second-order valence-electron chi connectivity index (χ2n) is 6.58. The summed E-state index contributed by atoms with van der Waals surface area (Å²) in [6.07, 6.45) is 4.16. The molecule has 0 aliphatic rings. The number of benzene rings is 2. The fraction of sp³-hybridized carbons (Fsp3) is 0.455. The largest absolute Gasteiger partial charge is 0.394 e. The van der Waals surface area contributed by atoms with Crippen LogP contribution in [0.15, 0.2) is 60.7 Å². The van der Waals surface area contributed by atoms with Crippen molar-refractivity contribution in [2.75, 3.05) is 13.2 Å². The first kappa shape index (κ1) is 19.9. The van der Waals surface area contributed by atoms with E-state index in [0.29, 0.717) is 0 Å². The van der Waals surface area contributed by atoms with Gasteiger partial charge in [0.25, 0.3) is 0 Å². The third-order valence-corrected chi connectivity index (χ3v) is 7.90. The predicted molar refractivity (Wildman–Crippen MR) is 108 cm³/mol. The molecule has 2 rings (SSSR count). The van der Waals surface area contributed by atoms with Crippen LogP contribution in [0.3, 0.4) is 0 Å². The lowest BCUT2D eigenvalue weighted by Crippen LogP contribution is -2.43. The summed E-state index contributed by atoms with van der Waals surface area (Å²) >= 11 is 0. The molecule has 0 aliphatic heterocycles. The first-order valence-corrected chi connectivity index (χ1v) is 11.9. The zero-order valence-corrected chi connectivity index (χ0v) is 16.7. The van der Waals surface area contributed by atoms with Gasteiger partial charge in [-0.05, 0) is 48.9 Å². The van der Waals surface area contributed by atoms with Crippen LogP contribution in [0.1, 0.15) is 37.8 Å². The molecule has 136 valence electrons. The van der Waals surface area contributed by atoms with E-state index in [-0.39, 0.29) is 0 Å². The lowest BCUT2D eigenvalue weighted by Gasteiger charge is -2.31. The van der Waals surface area contributed by atoms with E-state index in [1.807, 2.05) is 0 Å². The molecule has 0 bridgehead atoms. The van der Waals surface area contributed by atoms with Crippen molar-refractivity contribution in [3.8, 4) is 0 Å². The highest BCUT2D eigenvalue weighted by molar-refractivity contribution is 6.67. The van der Waals surface area contributed by atoms with Crippen molar-refractivity contribution in [2.45, 2.75) is 51.6 Å². The Labute approximate surface area is 154 Å². The predicted octanol–water partition coefficient (Wildman–Crippen LogP) is 5.77. The van der Waals surface area contributed by atoms with E-state index in [9.17, 15) is 0 Å². The molecule has 0 N–H and O–H groups in total. The highest BCUT2D eigenvalue weighted by atomic mass is 28.4. The molecule has 0 aliphatic carbocycles. The Morgan fingerprint density at radius 2 is 1.04 bits per heavy atom. The van der Waals surface area contributed by atoms with E-state index in [4.69, 9.17) is 8.85 Å². The third-order valence-electron chi connectivity index (χ3n) is 4.41. The minimum absolute atomic E-state index is 0.805. The lowest BCUT2D eigenvalue weighted by molar-refractivity contribution is 0.167. The van der Waals surface area contributed by atoms with Crippen molar-refractivity contribution in [1.29, 1.82) is 0 Å². The maximum absolute atomic E-state index is 6.44. The maximum atomic E-state index is 6.44. The van der Waals surface area contributed by atoms with E-state index in [0.717, 1.165) is 51.0 Å². The van der Waals surface area contributed by atoms with Gasteiger partial charge in [0.15, 0.2) is 0 Å². The molecule has 0 amide bonds. The first-order valence-electron chi connectivity index (χ1n) is 9.64. The highest BCUT2D eigenvalue weighted by Crippen LogP contribution is 2.25. The maximum Gasteiger partial charge on any atom is 0.338 e. The van der Waals surface area contributed by atoms with Crippen LogP contribution in [0.4, 0.5) is 0 Å². The van der Waals surface area contributed by atoms with Gasteiger partial charge in [0.1, 0.15) is 0 Å². The molecule has 2 aromatic rings. The molecule has 0 radical (unpaired) electrons. The van der Waals surface area contributed by atoms with Crippen molar-refractivity contribution in [3.05, 3.63) is 71.8 Å². The van der Waals surface area contributed by atoms with Gasteiger partial charge in [-0.2, -0.15) is 0 Å². The summed E-state index contributed by atoms with van der Waals surface area (Å²) in [5.41, 5.74) is 2.75. The van der Waals surface area contributed by atoms with Gasteiger partial charge >= 0.3 is 8.56 Å². The number of rotatable bonds is 12. The van der Waals surface area contributed by atoms with Crippen LogP contribution in [0, 0.1) is 0 Å². The van der Waals surface area contributed by atoms with E-state index in [2.05, 4.69) is 74.5 Å². The molecule has 0 saturated carbocycles. The quantitative estimate of drug-likeness (QED) is 0.450. The normalized spacial score (nSPS) is 11.6. The van der Waals surface area contributed by atoms with E-state index in [1.54, 1.807) is 0 Å². The molecule has 0 atom stereocenters. The van der Waals surface area contributed by atoms with Crippen LogP contribution in [0.2, 0.25) is 12.1 Å². The zero-order chi connectivity index (χ0) is 17.8. The van der Waals surface area contributed by atoms with E-state index < -0.39 is 8.56 Å². The molecule has 0 spiro atoms. The third kappa shape index (κ3) is 7.15. The summed E-state index contributed by atoms with van der Waals surface area (Å²) in [7, 11) is -2.20. The van der Waals surface area contributed by atoms with Gasteiger partial charge < -0.3 is 8.85 Å². The fourth-order valence-corrected chi connectivity index (χ4v) is 6.39. The van der Waals surface area contributed by atoms with Crippen LogP contribution in [-0.4, -0.2) is 21.8 Å². The standard InChI is InChI=1S/C22H32O2Si/c1-3-17-23-25(24-18-4-2,19-15-21-11-7-5-8-12-21)20-16-22-13-9-6-10-14-22/h5-14H,3-4,15-20H2,1-2H3. The average Bonchev–Trinajstić information content (AvgIpc) is 2.68. The molecule has 3 heteroatoms. The summed E-state index contributed by atoms with van der Waals surface area (Å²) in [6, 6.07) is 23.5. The smallest absolute Gasteiger partial charge is 0.338 e. The van der Waals surface area contributed by atoms with Gasteiger partial charge in [-0.3, -0.25) is 0 Å². The molecule has 25 heavy (non-hydrogen) atoms. The van der Waals surface area contributed by atoms with Gasteiger partial charge in [-0.25, -0.2) is 0 Å². The molecule has 0 unspecified atom stereocenters. The van der Waals surface area contributed by atoms with Gasteiger partial charge in [0.05, 0.1) is 0 Å². The summed E-state index contributed by atoms with van der Waals surface area (Å²) in [4.78, 5) is 0. The number of aryl methyl sites for hydroxylation is 2. The Morgan fingerprint density at radius 3 is 1.40 bits per heavy atom. The SMILES string of the molecule is CCCO[Si](CCc1ccccc1)(CCc1ccccc1)OCCC. The van der Waals surface area contributed by atoms with E-state index >= 15 is 0 Å². The van der Waals surface area contributed by atoms with Gasteiger partial charge in [-0.15, -0.1) is 0 Å². The van der Waals surface area contributed by atoms with Gasteiger partial charge in [0, 0.05) is 13.2 Å². The monoisotopic (exact) mass is 356 g/mol. The summed E-state index contributed by atoms with van der Waals surface area (Å²) in [6.45, 7) is 5.96. The molecule has 2 nitrogen and oxygen atoms in total. The Balaban J connectivity index is 2.07. The Morgan fingerprint density at radius 1 is 0.640 bits per heavy atom. The second-order valence-corrected chi connectivity index (χ2v) is 9.98. The first-order chi connectivity index (χ1) is 12.3. The average molecular weight is 357 g/mol. The van der Waals surface area contributed by atoms with Crippen molar-refractivity contribution in [2.24, 2.45) is 0 Å². The van der Waals surface area contributed by atoms with Gasteiger partial charge in [-0.1, -0.05) is 74.5 Å². The topological polar surface area (TPSA) is 18.5 Å². The summed E-state index contributed by atoms with van der Waals surface area (Å²) < 4.78 is 12.9. The number of hydrogen-bond acceptors (Lipinski definition) is 2. The van der Waals surface area contributed by atoms with Crippen LogP contribution >= 0.6 is 0 Å². The van der Waals surface area contributed by atoms with E-state index in [1.165, 1.54) is 11.1 Å². The molecular weight excluding hydrogens is 324 g/mol. The van der Waals surface area contributed by atoms with Crippen LogP contribution < -0.4 is 0 Å². The fourth-order valence-electron chi connectivity index (χ4n) is 2.99. The van der Waals surface area contributed by atoms with Crippen LogP contribution in [0.5, 0.6) is 0 Å². The molecule has 0 saturated heterocycles. The van der Waals surface area contributed by atoms with Crippen molar-refractivity contribution < 1.29 is 8.85 Å². The molecular formula is C22H32O2Si. The number of hydrogen-bond donors (Lipinski definition) is 0. The summed E-state index contributed by atoms with van der Waals surface area (Å²) in [5, 5.41) is 0.